The Hall–Kier alpha value is -2.01. The van der Waals surface area contributed by atoms with Crippen LogP contribution in [0.2, 0.25) is 0 Å². The monoisotopic (exact) mass is 370 g/mol. The molecular weight excluding hydrogens is 340 g/mol. The van der Waals surface area contributed by atoms with Gasteiger partial charge >= 0.3 is 0 Å². The zero-order chi connectivity index (χ0) is 19.5. The van der Waals surface area contributed by atoms with Crippen LogP contribution in [0.5, 0.6) is 0 Å². The molecule has 0 aromatic heterocycles. The van der Waals surface area contributed by atoms with E-state index < -0.39 is 5.60 Å². The first-order chi connectivity index (χ1) is 13.0. The van der Waals surface area contributed by atoms with Gasteiger partial charge in [0.2, 0.25) is 0 Å². The fourth-order valence-electron chi connectivity index (χ4n) is 2.76. The molecule has 0 aliphatic heterocycles. The molecule has 0 spiro atoms. The maximum atomic E-state index is 11.6. The van der Waals surface area contributed by atoms with Gasteiger partial charge in [0.1, 0.15) is 11.4 Å². The van der Waals surface area contributed by atoms with Gasteiger partial charge in [-0.2, -0.15) is 0 Å². The third kappa shape index (κ3) is 8.04. The maximum absolute atomic E-state index is 11.6. The number of Topliss-reactive ketones (excluding diaryl/α,β-unsaturated/α-hetero) is 1. The molecule has 0 N–H and O–H groups in total. The van der Waals surface area contributed by atoms with E-state index >= 15 is 0 Å². The molecule has 0 amide bonds. The molecule has 146 valence electrons. The van der Waals surface area contributed by atoms with E-state index in [4.69, 9.17) is 14.5 Å². The van der Waals surface area contributed by atoms with Crippen molar-refractivity contribution in [2.24, 2.45) is 0 Å². The van der Waals surface area contributed by atoms with Crippen molar-refractivity contribution >= 4 is 5.78 Å². The zero-order valence-corrected chi connectivity index (χ0v) is 16.5. The van der Waals surface area contributed by atoms with Crippen LogP contribution in [0.1, 0.15) is 51.2 Å². The van der Waals surface area contributed by atoms with Crippen LogP contribution in [0.25, 0.3) is 0 Å². The van der Waals surface area contributed by atoms with Crippen molar-refractivity contribution in [1.82, 2.24) is 0 Å². The van der Waals surface area contributed by atoms with Crippen molar-refractivity contribution in [2.45, 2.75) is 58.3 Å². The lowest BCUT2D eigenvalue weighted by atomic mass is 9.99. The first-order valence-electron chi connectivity index (χ1n) is 9.48. The molecule has 2 aromatic rings. The van der Waals surface area contributed by atoms with Gasteiger partial charge in [0, 0.05) is 13.0 Å². The Balaban J connectivity index is 1.76. The number of rotatable bonds is 12. The summed E-state index contributed by atoms with van der Waals surface area (Å²) in [5, 5.41) is 0. The number of benzene rings is 2. The Bertz CT molecular complexity index is 667. The molecule has 0 fully saturated rings. The van der Waals surface area contributed by atoms with Crippen molar-refractivity contribution in [3.63, 3.8) is 0 Å². The summed E-state index contributed by atoms with van der Waals surface area (Å²) in [6.07, 6.45) is 1.58. The molecule has 0 saturated heterocycles. The summed E-state index contributed by atoms with van der Waals surface area (Å²) in [6, 6.07) is 20.0. The van der Waals surface area contributed by atoms with Gasteiger partial charge in [0.15, 0.2) is 0 Å². The molecule has 4 nitrogen and oxygen atoms in total. The van der Waals surface area contributed by atoms with Crippen LogP contribution in [-0.2, 0) is 31.5 Å². The highest BCUT2D eigenvalue weighted by Gasteiger charge is 2.25. The first-order valence-corrected chi connectivity index (χ1v) is 9.48. The number of hydrogen-bond donors (Lipinski definition) is 0. The molecule has 0 radical (unpaired) electrons. The van der Waals surface area contributed by atoms with E-state index in [1.807, 2.05) is 74.5 Å². The van der Waals surface area contributed by atoms with Crippen LogP contribution in [0.15, 0.2) is 60.7 Å². The van der Waals surface area contributed by atoms with Gasteiger partial charge in [-0.1, -0.05) is 60.7 Å². The molecule has 0 heterocycles. The zero-order valence-electron chi connectivity index (χ0n) is 16.5. The molecule has 0 aliphatic rings. The number of carbonyl (C=O) groups is 1. The predicted octanol–water partition coefficient (Wildman–Crippen LogP) is 5.21. The highest BCUT2D eigenvalue weighted by atomic mass is 17.2. The van der Waals surface area contributed by atoms with Crippen molar-refractivity contribution in [2.75, 3.05) is 6.61 Å². The first kappa shape index (κ1) is 21.3. The topological polar surface area (TPSA) is 44.8 Å². The molecule has 0 aliphatic carbocycles. The second kappa shape index (κ2) is 11.0. The molecule has 4 heteroatoms. The van der Waals surface area contributed by atoms with E-state index in [9.17, 15) is 4.79 Å². The minimum absolute atomic E-state index is 0.0892. The molecule has 1 atom stereocenters. The van der Waals surface area contributed by atoms with Crippen LogP contribution >= 0.6 is 0 Å². The normalized spacial score (nSPS) is 12.7. The number of ketones is 1. The Morgan fingerprint density at radius 2 is 1.63 bits per heavy atom. The van der Waals surface area contributed by atoms with Crippen LogP contribution in [0.4, 0.5) is 0 Å². The number of hydrogen-bond acceptors (Lipinski definition) is 4. The van der Waals surface area contributed by atoms with E-state index in [1.54, 1.807) is 6.92 Å². The van der Waals surface area contributed by atoms with E-state index in [0.717, 1.165) is 17.5 Å². The number of ether oxygens (including phenoxy) is 1. The van der Waals surface area contributed by atoms with Gasteiger partial charge < -0.3 is 4.74 Å². The predicted molar refractivity (Wildman–Crippen MR) is 106 cm³/mol. The minimum atomic E-state index is -0.583. The molecule has 2 aromatic carbocycles. The lowest BCUT2D eigenvalue weighted by molar-refractivity contribution is -0.382. The SMILES string of the molecule is CC(=O)C[C@@H](CCCOCc1ccccc1)OOC(C)(C)c1ccccc1. The average molecular weight is 370 g/mol. The summed E-state index contributed by atoms with van der Waals surface area (Å²) in [5.74, 6) is 0.0892. The lowest BCUT2D eigenvalue weighted by Gasteiger charge is -2.27. The van der Waals surface area contributed by atoms with Crippen molar-refractivity contribution < 1.29 is 19.3 Å². The van der Waals surface area contributed by atoms with Crippen LogP contribution in [0.3, 0.4) is 0 Å². The quantitative estimate of drug-likeness (QED) is 0.292. The average Bonchev–Trinajstić information content (AvgIpc) is 2.67. The highest BCUT2D eigenvalue weighted by molar-refractivity contribution is 5.75. The van der Waals surface area contributed by atoms with E-state index in [-0.39, 0.29) is 11.9 Å². The number of carbonyl (C=O) groups excluding carboxylic acids is 1. The second-order valence-corrected chi connectivity index (χ2v) is 7.26. The van der Waals surface area contributed by atoms with Crippen molar-refractivity contribution in [3.05, 3.63) is 71.8 Å². The fourth-order valence-corrected chi connectivity index (χ4v) is 2.76. The summed E-state index contributed by atoms with van der Waals surface area (Å²) in [6.45, 7) is 6.70. The van der Waals surface area contributed by atoms with Crippen molar-refractivity contribution in [3.8, 4) is 0 Å². The summed E-state index contributed by atoms with van der Waals surface area (Å²) in [7, 11) is 0. The van der Waals surface area contributed by atoms with Crippen LogP contribution < -0.4 is 0 Å². The largest absolute Gasteiger partial charge is 0.377 e. The molecule has 0 saturated carbocycles. The molecule has 2 rings (SSSR count). The Morgan fingerprint density at radius 1 is 1.00 bits per heavy atom. The van der Waals surface area contributed by atoms with Crippen LogP contribution in [-0.4, -0.2) is 18.5 Å². The summed E-state index contributed by atoms with van der Waals surface area (Å²) in [5.41, 5.74) is 1.60. The highest BCUT2D eigenvalue weighted by Crippen LogP contribution is 2.26. The molecule has 0 unspecified atom stereocenters. The minimum Gasteiger partial charge on any atom is -0.377 e. The van der Waals surface area contributed by atoms with Gasteiger partial charge in [0.25, 0.3) is 0 Å². The van der Waals surface area contributed by atoms with Gasteiger partial charge in [-0.25, -0.2) is 9.78 Å². The third-order valence-electron chi connectivity index (χ3n) is 4.30. The molecule has 27 heavy (non-hydrogen) atoms. The summed E-state index contributed by atoms with van der Waals surface area (Å²) < 4.78 is 5.71. The lowest BCUT2D eigenvalue weighted by Crippen LogP contribution is -2.27. The molecular formula is C23H30O4. The fraction of sp³-hybridized carbons (Fsp3) is 0.435. The van der Waals surface area contributed by atoms with Gasteiger partial charge in [0.05, 0.1) is 12.7 Å². The maximum Gasteiger partial charge on any atom is 0.132 e. The standard InChI is InChI=1S/C23H30O4/c1-19(24)17-22(15-10-16-25-18-20-11-6-4-7-12-20)26-27-23(2,3)21-13-8-5-9-14-21/h4-9,11-14,22H,10,15-18H2,1-3H3/t22-/m1/s1. The Morgan fingerprint density at radius 3 is 2.26 bits per heavy atom. The van der Waals surface area contributed by atoms with E-state index in [0.29, 0.717) is 26.1 Å². The second-order valence-electron chi connectivity index (χ2n) is 7.26. The van der Waals surface area contributed by atoms with E-state index in [1.165, 1.54) is 0 Å². The van der Waals surface area contributed by atoms with Gasteiger partial charge in [-0.3, -0.25) is 4.79 Å². The Labute approximate surface area is 162 Å². The Kier molecular flexibility index (Phi) is 8.65. The van der Waals surface area contributed by atoms with Gasteiger partial charge in [-0.15, -0.1) is 0 Å². The van der Waals surface area contributed by atoms with Crippen LogP contribution in [0, 0.1) is 0 Å². The van der Waals surface area contributed by atoms with Crippen molar-refractivity contribution in [1.29, 1.82) is 0 Å². The summed E-state index contributed by atoms with van der Waals surface area (Å²) in [4.78, 5) is 22.9. The molecule has 0 bridgehead atoms. The van der Waals surface area contributed by atoms with E-state index in [2.05, 4.69) is 0 Å². The van der Waals surface area contributed by atoms with Gasteiger partial charge in [-0.05, 0) is 44.7 Å². The smallest absolute Gasteiger partial charge is 0.132 e. The third-order valence-corrected chi connectivity index (χ3v) is 4.30. The summed E-state index contributed by atoms with van der Waals surface area (Å²) >= 11 is 0.